The van der Waals surface area contributed by atoms with Crippen LogP contribution < -0.4 is 0 Å². The van der Waals surface area contributed by atoms with Gasteiger partial charge in [-0.25, -0.2) is 16.8 Å². The van der Waals surface area contributed by atoms with Crippen LogP contribution in [0.3, 0.4) is 0 Å². The summed E-state index contributed by atoms with van der Waals surface area (Å²) < 4.78 is 50.1. The molecule has 29 heavy (non-hydrogen) atoms. The van der Waals surface area contributed by atoms with Crippen molar-refractivity contribution >= 4 is 24.1 Å². The molecule has 0 spiro atoms. The van der Waals surface area contributed by atoms with Crippen molar-refractivity contribution in [3.8, 4) is 0 Å². The minimum absolute atomic E-state index is 0.228. The fraction of sp³-hybridized carbons (Fsp3) is 0.381. The van der Waals surface area contributed by atoms with E-state index < -0.39 is 24.1 Å². The smallest absolute Gasteiger partial charge is 0.359 e. The third-order valence-electron chi connectivity index (χ3n) is 4.65. The molecule has 0 amide bonds. The number of rotatable bonds is 8. The molecule has 0 radical (unpaired) electrons. The minimum Gasteiger partial charge on any atom is -0.359 e. The van der Waals surface area contributed by atoms with E-state index in [1.54, 1.807) is 24.3 Å². The number of hydrogen-bond acceptors (Lipinski definition) is 4. The Balaban J connectivity index is 2.36. The van der Waals surface area contributed by atoms with Crippen LogP contribution in [0.2, 0.25) is 0 Å². The number of nitrogens with zero attached hydrogens (tertiary/aromatic N) is 2. The van der Waals surface area contributed by atoms with E-state index in [-0.39, 0.29) is 9.79 Å². The van der Waals surface area contributed by atoms with Crippen LogP contribution in [0.15, 0.2) is 58.3 Å². The third-order valence-corrected chi connectivity index (χ3v) is 8.83. The predicted octanol–water partition coefficient (Wildman–Crippen LogP) is 4.21. The maximum Gasteiger partial charge on any atom is 0.504 e. The Labute approximate surface area is 173 Å². The number of unbranched alkanes of at least 4 members (excludes halogenated alkanes) is 2. The molecule has 0 aliphatic rings. The van der Waals surface area contributed by atoms with Crippen LogP contribution >= 0.6 is 0 Å². The van der Waals surface area contributed by atoms with Crippen molar-refractivity contribution < 1.29 is 21.6 Å². The molecule has 2 aromatic carbocycles. The van der Waals surface area contributed by atoms with Gasteiger partial charge in [0.25, 0.3) is 19.7 Å². The SMILES string of the molecule is CCCCc1ccc(S(=O)(=O)C(=[N+]=[N-])S(=O)(=O)c2ccc(CCCC)cc2)cc1. The van der Waals surface area contributed by atoms with E-state index in [1.165, 1.54) is 24.3 Å². The molecule has 0 saturated carbocycles. The van der Waals surface area contributed by atoms with E-state index in [4.69, 9.17) is 0 Å². The standard InChI is InChI=1S/C21H26N2O4S2/c1-3-5-7-17-9-13-19(14-10-17)28(24,25)21(23-22)29(26,27)20-15-11-18(12-16-20)8-6-4-2/h9-16H,3-8H2,1-2H3. The van der Waals surface area contributed by atoms with Crippen molar-refractivity contribution in [1.82, 2.24) is 0 Å². The molecule has 0 bridgehead atoms. The lowest BCUT2D eigenvalue weighted by Gasteiger charge is -2.05. The van der Waals surface area contributed by atoms with Crippen LogP contribution in [0.5, 0.6) is 0 Å². The molecular weight excluding hydrogens is 408 g/mol. The highest BCUT2D eigenvalue weighted by Gasteiger charge is 2.43. The molecule has 2 rings (SSSR count). The van der Waals surface area contributed by atoms with Crippen LogP contribution in [0.25, 0.3) is 5.53 Å². The topological polar surface area (TPSA) is 105 Å². The molecule has 0 aliphatic carbocycles. The van der Waals surface area contributed by atoms with Gasteiger partial charge in [0, 0.05) is 0 Å². The van der Waals surface area contributed by atoms with Gasteiger partial charge in [-0.2, -0.15) is 0 Å². The van der Waals surface area contributed by atoms with Gasteiger partial charge < -0.3 is 5.53 Å². The molecule has 156 valence electrons. The van der Waals surface area contributed by atoms with Crippen LogP contribution in [-0.4, -0.2) is 26.0 Å². The molecule has 0 aliphatic heterocycles. The first kappa shape index (κ1) is 23.0. The van der Waals surface area contributed by atoms with Crippen LogP contribution in [0.1, 0.15) is 50.7 Å². The Morgan fingerprint density at radius 3 is 1.34 bits per heavy atom. The molecule has 0 unspecified atom stereocenters. The van der Waals surface area contributed by atoms with Crippen molar-refractivity contribution in [2.45, 2.75) is 62.2 Å². The van der Waals surface area contributed by atoms with Gasteiger partial charge in [-0.3, -0.25) is 0 Å². The largest absolute Gasteiger partial charge is 0.504 e. The second kappa shape index (κ2) is 9.96. The van der Waals surface area contributed by atoms with Crippen molar-refractivity contribution in [2.75, 3.05) is 0 Å². The monoisotopic (exact) mass is 434 g/mol. The van der Waals surface area contributed by atoms with Crippen molar-refractivity contribution in [1.29, 1.82) is 0 Å². The van der Waals surface area contributed by atoms with E-state index >= 15 is 0 Å². The van der Waals surface area contributed by atoms with Gasteiger partial charge in [-0.1, -0.05) is 51.0 Å². The average molecular weight is 435 g/mol. The van der Waals surface area contributed by atoms with Crippen molar-refractivity contribution in [3.63, 3.8) is 0 Å². The number of sulfone groups is 2. The summed E-state index contributed by atoms with van der Waals surface area (Å²) in [5.41, 5.74) is 11.2. The second-order valence-electron chi connectivity index (χ2n) is 6.87. The summed E-state index contributed by atoms with van der Waals surface area (Å²) in [5.74, 6) is 0. The molecule has 0 saturated heterocycles. The van der Waals surface area contributed by atoms with Crippen molar-refractivity contribution in [3.05, 3.63) is 65.2 Å². The quantitative estimate of drug-likeness (QED) is 0.269. The van der Waals surface area contributed by atoms with E-state index in [0.717, 1.165) is 49.7 Å². The van der Waals surface area contributed by atoms with Crippen molar-refractivity contribution in [2.24, 2.45) is 0 Å². The van der Waals surface area contributed by atoms with Gasteiger partial charge in [-0.15, -0.1) is 4.79 Å². The molecule has 0 heterocycles. The summed E-state index contributed by atoms with van der Waals surface area (Å²) in [7, 11) is -9.01. The molecule has 0 atom stereocenters. The summed E-state index contributed by atoms with van der Waals surface area (Å²) in [5, 5.41) is 0. The summed E-state index contributed by atoms with van der Waals surface area (Å²) >= 11 is 0. The molecule has 0 aromatic heterocycles. The molecular formula is C21H26N2O4S2. The minimum atomic E-state index is -4.51. The lowest BCUT2D eigenvalue weighted by molar-refractivity contribution is 0.00380. The molecule has 2 aromatic rings. The van der Waals surface area contributed by atoms with E-state index in [9.17, 15) is 22.4 Å². The van der Waals surface area contributed by atoms with Gasteiger partial charge >= 0.3 is 4.38 Å². The Bertz CT molecular complexity index is 999. The van der Waals surface area contributed by atoms with Gasteiger partial charge in [-0.05, 0) is 61.1 Å². The fourth-order valence-electron chi connectivity index (χ4n) is 2.89. The lowest BCUT2D eigenvalue weighted by atomic mass is 10.1. The summed E-state index contributed by atoms with van der Waals surface area (Å²) in [4.78, 5) is 2.21. The highest BCUT2D eigenvalue weighted by molar-refractivity contribution is 8.31. The number of benzene rings is 2. The fourth-order valence-corrected chi connectivity index (χ4v) is 6.23. The maximum absolute atomic E-state index is 12.8. The van der Waals surface area contributed by atoms with E-state index in [0.29, 0.717) is 0 Å². The second-order valence-corrected chi connectivity index (χ2v) is 10.9. The maximum atomic E-state index is 12.8. The number of aryl methyl sites for hydroxylation is 2. The zero-order valence-corrected chi connectivity index (χ0v) is 18.3. The summed E-state index contributed by atoms with van der Waals surface area (Å²) in [6, 6.07) is 12.0. The first-order valence-electron chi connectivity index (χ1n) is 9.67. The van der Waals surface area contributed by atoms with E-state index in [1.807, 2.05) is 0 Å². The molecule has 0 N–H and O–H groups in total. The third kappa shape index (κ3) is 5.41. The van der Waals surface area contributed by atoms with E-state index in [2.05, 4.69) is 18.6 Å². The van der Waals surface area contributed by atoms with Gasteiger partial charge in [0.2, 0.25) is 0 Å². The molecule has 0 fully saturated rings. The van der Waals surface area contributed by atoms with Gasteiger partial charge in [0.1, 0.15) is 0 Å². The van der Waals surface area contributed by atoms with Crippen LogP contribution in [-0.2, 0) is 32.5 Å². The molecule has 6 nitrogen and oxygen atoms in total. The Kier molecular flexibility index (Phi) is 7.90. The first-order valence-corrected chi connectivity index (χ1v) is 12.6. The zero-order chi connectivity index (χ0) is 21.5. The van der Waals surface area contributed by atoms with Gasteiger partial charge in [0.05, 0.1) is 9.79 Å². The van der Waals surface area contributed by atoms with Crippen LogP contribution in [0.4, 0.5) is 0 Å². The Morgan fingerprint density at radius 1 is 0.724 bits per heavy atom. The zero-order valence-electron chi connectivity index (χ0n) is 16.7. The number of hydrogen-bond donors (Lipinski definition) is 0. The highest BCUT2D eigenvalue weighted by Crippen LogP contribution is 2.22. The van der Waals surface area contributed by atoms with Crippen LogP contribution in [0, 0.1) is 0 Å². The normalized spacial score (nSPS) is 11.8. The average Bonchev–Trinajstić information content (AvgIpc) is 2.71. The summed E-state index contributed by atoms with van der Waals surface area (Å²) in [6.45, 7) is 4.12. The lowest BCUT2D eigenvalue weighted by Crippen LogP contribution is -2.26. The predicted molar refractivity (Wildman–Crippen MR) is 113 cm³/mol. The molecule has 8 heteroatoms. The first-order chi connectivity index (χ1) is 13.8. The Hall–Kier alpha value is -2.28. The highest BCUT2D eigenvalue weighted by atomic mass is 32.3. The summed E-state index contributed by atoms with van der Waals surface area (Å²) in [6.07, 6.45) is 5.57. The Morgan fingerprint density at radius 2 is 1.07 bits per heavy atom. The van der Waals surface area contributed by atoms with Gasteiger partial charge in [0.15, 0.2) is 0 Å².